The van der Waals surface area contributed by atoms with Crippen LogP contribution in [0.5, 0.6) is 0 Å². The van der Waals surface area contributed by atoms with Gasteiger partial charge in [0, 0.05) is 30.6 Å². The second-order valence-corrected chi connectivity index (χ2v) is 9.14. The summed E-state index contributed by atoms with van der Waals surface area (Å²) in [6, 6.07) is 11.0. The van der Waals surface area contributed by atoms with E-state index in [2.05, 4.69) is 34.1 Å². The Morgan fingerprint density at radius 1 is 1.17 bits per heavy atom. The zero-order chi connectivity index (χ0) is 19.6. The summed E-state index contributed by atoms with van der Waals surface area (Å²) in [5.41, 5.74) is 2.73. The Kier molecular flexibility index (Phi) is 5.48. The summed E-state index contributed by atoms with van der Waals surface area (Å²) in [6.45, 7) is 4.45. The quantitative estimate of drug-likeness (QED) is 0.649. The lowest BCUT2D eigenvalue weighted by Gasteiger charge is -2.36. The van der Waals surface area contributed by atoms with E-state index in [4.69, 9.17) is 4.74 Å². The fourth-order valence-corrected chi connectivity index (χ4v) is 5.94. The predicted octanol–water partition coefficient (Wildman–Crippen LogP) is 3.28. The Hall–Kier alpha value is -2.02. The number of thiophene rings is 1. The van der Waals surface area contributed by atoms with E-state index in [0.29, 0.717) is 6.04 Å². The van der Waals surface area contributed by atoms with E-state index in [1.165, 1.54) is 16.0 Å². The molecule has 5 nitrogen and oxygen atoms in total. The number of morpholine rings is 1. The van der Waals surface area contributed by atoms with Gasteiger partial charge in [0.2, 0.25) is 0 Å². The van der Waals surface area contributed by atoms with Crippen molar-refractivity contribution in [3.05, 3.63) is 63.0 Å². The van der Waals surface area contributed by atoms with Gasteiger partial charge in [0.1, 0.15) is 4.83 Å². The van der Waals surface area contributed by atoms with Gasteiger partial charge in [-0.1, -0.05) is 30.3 Å². The molecule has 1 fully saturated rings. The molecule has 1 aromatic carbocycles. The lowest BCUT2D eigenvalue weighted by Crippen LogP contribution is -2.45. The zero-order valence-electron chi connectivity index (χ0n) is 16.7. The minimum Gasteiger partial charge on any atom is -0.379 e. The van der Waals surface area contributed by atoms with Crippen LogP contribution in [0.2, 0.25) is 0 Å². The van der Waals surface area contributed by atoms with Crippen LogP contribution in [-0.4, -0.2) is 46.8 Å². The van der Waals surface area contributed by atoms with Crippen LogP contribution in [-0.2, 0) is 30.5 Å². The summed E-state index contributed by atoms with van der Waals surface area (Å²) in [5, 5.41) is 0.882. The third kappa shape index (κ3) is 3.89. The maximum Gasteiger partial charge on any atom is 0.262 e. The molecule has 2 aliphatic rings. The zero-order valence-corrected chi connectivity index (χ0v) is 17.5. The molecule has 1 atom stereocenters. The van der Waals surface area contributed by atoms with Crippen molar-refractivity contribution >= 4 is 21.6 Å². The second-order valence-electron chi connectivity index (χ2n) is 8.06. The van der Waals surface area contributed by atoms with Crippen LogP contribution in [0, 0.1) is 0 Å². The predicted molar refractivity (Wildman–Crippen MR) is 117 cm³/mol. The van der Waals surface area contributed by atoms with Gasteiger partial charge in [-0.15, -0.1) is 11.3 Å². The topological polar surface area (TPSA) is 47.4 Å². The molecule has 29 heavy (non-hydrogen) atoms. The van der Waals surface area contributed by atoms with Gasteiger partial charge in [0.15, 0.2) is 0 Å². The third-order valence-corrected chi connectivity index (χ3v) is 7.44. The minimum absolute atomic E-state index is 0.144. The van der Waals surface area contributed by atoms with Gasteiger partial charge < -0.3 is 4.74 Å². The maximum atomic E-state index is 13.2. The first-order valence-electron chi connectivity index (χ1n) is 10.6. The van der Waals surface area contributed by atoms with E-state index in [-0.39, 0.29) is 5.56 Å². The average Bonchev–Trinajstić information content (AvgIpc) is 3.15. The number of benzene rings is 1. The van der Waals surface area contributed by atoms with Crippen molar-refractivity contribution in [2.75, 3.05) is 26.3 Å². The van der Waals surface area contributed by atoms with Crippen LogP contribution < -0.4 is 5.56 Å². The molecule has 0 bridgehead atoms. The first-order chi connectivity index (χ1) is 14.3. The van der Waals surface area contributed by atoms with Gasteiger partial charge in [-0.25, -0.2) is 4.98 Å². The molecule has 152 valence electrons. The SMILES string of the molecule is O=c1c2c3c(sc2ncn1CCCc1ccccc1)CC(N1CCOCC1)CC3. The highest BCUT2D eigenvalue weighted by Crippen LogP contribution is 2.35. The molecule has 1 aliphatic heterocycles. The van der Waals surface area contributed by atoms with Crippen molar-refractivity contribution in [3.63, 3.8) is 0 Å². The summed E-state index contributed by atoms with van der Waals surface area (Å²) in [5.74, 6) is 0. The summed E-state index contributed by atoms with van der Waals surface area (Å²) in [4.78, 5) is 22.7. The lowest BCUT2D eigenvalue weighted by atomic mass is 9.92. The Balaban J connectivity index is 1.34. The number of hydrogen-bond donors (Lipinski definition) is 0. The number of rotatable bonds is 5. The van der Waals surface area contributed by atoms with Gasteiger partial charge in [-0.3, -0.25) is 14.3 Å². The normalized spacial score (nSPS) is 20.1. The fourth-order valence-electron chi connectivity index (χ4n) is 4.70. The van der Waals surface area contributed by atoms with Crippen LogP contribution in [0.3, 0.4) is 0 Å². The molecule has 3 heterocycles. The number of aryl methyl sites for hydroxylation is 3. The van der Waals surface area contributed by atoms with Gasteiger partial charge in [0.05, 0.1) is 24.9 Å². The van der Waals surface area contributed by atoms with Crippen molar-refractivity contribution in [2.45, 2.75) is 44.7 Å². The first kappa shape index (κ1) is 19.0. The molecule has 0 N–H and O–H groups in total. The van der Waals surface area contributed by atoms with Crippen molar-refractivity contribution in [3.8, 4) is 0 Å². The smallest absolute Gasteiger partial charge is 0.262 e. The highest BCUT2D eigenvalue weighted by atomic mass is 32.1. The van der Waals surface area contributed by atoms with E-state index >= 15 is 0 Å². The van der Waals surface area contributed by atoms with E-state index in [0.717, 1.165) is 75.2 Å². The Morgan fingerprint density at radius 2 is 2.00 bits per heavy atom. The molecule has 5 rings (SSSR count). The van der Waals surface area contributed by atoms with E-state index in [9.17, 15) is 4.79 Å². The average molecular weight is 410 g/mol. The fraction of sp³-hybridized carbons (Fsp3) is 0.478. The summed E-state index contributed by atoms with van der Waals surface area (Å²) in [6.07, 6.45) is 6.83. The molecule has 3 aromatic rings. The van der Waals surface area contributed by atoms with Gasteiger partial charge in [0.25, 0.3) is 5.56 Å². The molecule has 0 saturated carbocycles. The summed E-state index contributed by atoms with van der Waals surface area (Å²) in [7, 11) is 0. The molecule has 1 unspecified atom stereocenters. The lowest BCUT2D eigenvalue weighted by molar-refractivity contribution is 0.0140. The van der Waals surface area contributed by atoms with Crippen LogP contribution >= 0.6 is 11.3 Å². The highest BCUT2D eigenvalue weighted by molar-refractivity contribution is 7.18. The minimum atomic E-state index is 0.144. The van der Waals surface area contributed by atoms with Crippen molar-refractivity contribution < 1.29 is 4.74 Å². The number of nitrogens with zero attached hydrogens (tertiary/aromatic N) is 3. The van der Waals surface area contributed by atoms with Crippen LogP contribution in [0.25, 0.3) is 10.2 Å². The molecule has 1 aliphatic carbocycles. The first-order valence-corrected chi connectivity index (χ1v) is 11.5. The Bertz CT molecular complexity index is 1040. The number of fused-ring (bicyclic) bond motifs is 3. The van der Waals surface area contributed by atoms with Crippen molar-refractivity contribution in [1.29, 1.82) is 0 Å². The van der Waals surface area contributed by atoms with Crippen LogP contribution in [0.15, 0.2) is 41.5 Å². The number of hydrogen-bond acceptors (Lipinski definition) is 5. The Morgan fingerprint density at radius 3 is 2.83 bits per heavy atom. The molecule has 6 heteroatoms. The monoisotopic (exact) mass is 409 g/mol. The van der Waals surface area contributed by atoms with Crippen molar-refractivity contribution in [2.24, 2.45) is 0 Å². The molecule has 2 aromatic heterocycles. The molecule has 1 saturated heterocycles. The molecule has 0 amide bonds. The van der Waals surface area contributed by atoms with Crippen molar-refractivity contribution in [1.82, 2.24) is 14.5 Å². The van der Waals surface area contributed by atoms with Gasteiger partial charge in [-0.2, -0.15) is 0 Å². The van der Waals surface area contributed by atoms with E-state index < -0.39 is 0 Å². The molecular weight excluding hydrogens is 382 g/mol. The largest absolute Gasteiger partial charge is 0.379 e. The molecular formula is C23H27N3O2S. The van der Waals surface area contributed by atoms with Gasteiger partial charge in [-0.05, 0) is 43.2 Å². The summed E-state index contributed by atoms with van der Waals surface area (Å²) < 4.78 is 7.32. The van der Waals surface area contributed by atoms with E-state index in [1.807, 2.05) is 10.6 Å². The Labute approximate surface area is 174 Å². The molecule has 0 radical (unpaired) electrons. The third-order valence-electron chi connectivity index (χ3n) is 6.28. The van der Waals surface area contributed by atoms with E-state index in [1.54, 1.807) is 17.7 Å². The van der Waals surface area contributed by atoms with Crippen LogP contribution in [0.1, 0.15) is 28.8 Å². The second kappa shape index (κ2) is 8.38. The molecule has 0 spiro atoms. The number of ether oxygens (including phenoxy) is 1. The van der Waals surface area contributed by atoms with Crippen LogP contribution in [0.4, 0.5) is 0 Å². The standard InChI is InChI=1S/C23H27N3O2S/c27-23-21-19-9-8-18(25-11-13-28-14-12-25)15-20(19)29-22(21)24-16-26(23)10-4-7-17-5-2-1-3-6-17/h1-3,5-6,16,18H,4,7-15H2. The van der Waals surface area contributed by atoms with Gasteiger partial charge >= 0.3 is 0 Å². The number of aromatic nitrogens is 2. The highest BCUT2D eigenvalue weighted by Gasteiger charge is 2.29. The maximum absolute atomic E-state index is 13.2. The summed E-state index contributed by atoms with van der Waals surface area (Å²) >= 11 is 1.73.